The monoisotopic (exact) mass is 352 g/mol. The van der Waals surface area contributed by atoms with E-state index in [4.69, 9.17) is 4.74 Å². The molecule has 1 heterocycles. The number of aliphatic hydroxyl groups is 2. The molecule has 27 heavy (non-hydrogen) atoms. The lowest BCUT2D eigenvalue weighted by atomic mass is 9.81. The van der Waals surface area contributed by atoms with Gasteiger partial charge in [0.25, 0.3) is 0 Å². The van der Waals surface area contributed by atoms with Crippen LogP contribution in [0.5, 0.6) is 0 Å². The average Bonchev–Trinajstić information content (AvgIpc) is 3.44. The molecule has 3 heteroatoms. The summed E-state index contributed by atoms with van der Waals surface area (Å²) >= 11 is 0. The van der Waals surface area contributed by atoms with E-state index in [-0.39, 0.29) is 12.2 Å². The summed E-state index contributed by atoms with van der Waals surface area (Å²) in [7, 11) is 0. The van der Waals surface area contributed by atoms with Crippen LogP contribution >= 0.6 is 0 Å². The summed E-state index contributed by atoms with van der Waals surface area (Å²) in [5, 5.41) is 25.9. The van der Waals surface area contributed by atoms with Gasteiger partial charge in [-0.2, -0.15) is 0 Å². The van der Waals surface area contributed by atoms with E-state index < -0.39 is 12.2 Å². The largest absolute Gasteiger partial charge is 0.387 e. The zero-order valence-electron chi connectivity index (χ0n) is 14.4. The van der Waals surface area contributed by atoms with Crippen molar-refractivity contribution in [3.8, 4) is 22.3 Å². The molecule has 1 fully saturated rings. The smallest absolute Gasteiger partial charge is 0.118 e. The van der Waals surface area contributed by atoms with Crippen molar-refractivity contribution in [2.45, 2.75) is 24.4 Å². The maximum Gasteiger partial charge on any atom is 0.118 e. The van der Waals surface area contributed by atoms with E-state index in [0.717, 1.165) is 21.9 Å². The van der Waals surface area contributed by atoms with Crippen molar-refractivity contribution in [3.63, 3.8) is 0 Å². The van der Waals surface area contributed by atoms with Gasteiger partial charge in [0.1, 0.15) is 24.4 Å². The van der Waals surface area contributed by atoms with E-state index in [1.54, 1.807) is 0 Å². The maximum absolute atomic E-state index is 10.9. The molecule has 4 unspecified atom stereocenters. The average molecular weight is 352 g/mol. The van der Waals surface area contributed by atoms with Crippen LogP contribution in [0.4, 0.5) is 0 Å². The SMILES string of the molecule is OC1c2c(cc3c4c(c5ccccc5cc24)-c2ccccc2-3)C2OC2C1O. The van der Waals surface area contributed by atoms with Gasteiger partial charge >= 0.3 is 0 Å². The molecule has 7 rings (SSSR count). The Balaban J connectivity index is 1.74. The van der Waals surface area contributed by atoms with Crippen molar-refractivity contribution in [3.05, 3.63) is 71.8 Å². The predicted molar refractivity (Wildman–Crippen MR) is 104 cm³/mol. The molecule has 4 aromatic carbocycles. The second-order valence-electron chi connectivity index (χ2n) is 7.82. The third-order valence-electron chi connectivity index (χ3n) is 6.49. The molecule has 1 saturated heterocycles. The van der Waals surface area contributed by atoms with Crippen molar-refractivity contribution in [1.82, 2.24) is 0 Å². The number of hydrogen-bond donors (Lipinski definition) is 2. The summed E-state index contributed by atoms with van der Waals surface area (Å²) in [6.45, 7) is 0. The number of rotatable bonds is 0. The fourth-order valence-electron chi connectivity index (χ4n) is 5.28. The number of benzene rings is 4. The molecule has 2 N–H and O–H groups in total. The number of epoxide rings is 1. The van der Waals surface area contributed by atoms with E-state index >= 15 is 0 Å². The predicted octanol–water partition coefficient (Wildman–Crippen LogP) is 4.49. The summed E-state index contributed by atoms with van der Waals surface area (Å²) < 4.78 is 5.72. The summed E-state index contributed by atoms with van der Waals surface area (Å²) in [5.41, 5.74) is 6.77. The zero-order valence-corrected chi connectivity index (χ0v) is 14.4. The molecular formula is C24H16O3. The molecule has 4 aromatic rings. The minimum Gasteiger partial charge on any atom is -0.387 e. The Bertz CT molecular complexity index is 1310. The van der Waals surface area contributed by atoms with Gasteiger partial charge in [0.05, 0.1) is 0 Å². The van der Waals surface area contributed by atoms with Gasteiger partial charge in [0, 0.05) is 0 Å². The highest BCUT2D eigenvalue weighted by Crippen LogP contribution is 2.58. The first kappa shape index (κ1) is 14.4. The standard InChI is InChI=1S/C24H16O3/c25-21-20-16-9-11-5-1-2-6-12(11)18-14-8-4-3-7-13(14)15(19(16)18)10-17(20)23-24(27-23)22(21)26/h1-10,21-26H. The zero-order chi connectivity index (χ0) is 17.9. The minimum atomic E-state index is -0.921. The Hall–Kier alpha value is -2.72. The summed E-state index contributed by atoms with van der Waals surface area (Å²) in [6.07, 6.45) is -2.18. The molecule has 0 bridgehead atoms. The molecule has 3 nitrogen and oxygen atoms in total. The first-order chi connectivity index (χ1) is 13.2. The van der Waals surface area contributed by atoms with Crippen molar-refractivity contribution in [1.29, 1.82) is 0 Å². The first-order valence-electron chi connectivity index (χ1n) is 9.37. The molecule has 0 aromatic heterocycles. The molecule has 0 amide bonds. The molecule has 4 atom stereocenters. The maximum atomic E-state index is 10.9. The fraction of sp³-hybridized carbons (Fsp3) is 0.167. The van der Waals surface area contributed by atoms with Crippen LogP contribution in [0.15, 0.2) is 60.7 Å². The topological polar surface area (TPSA) is 53.0 Å². The Kier molecular flexibility index (Phi) is 2.43. The molecule has 3 aliphatic rings. The number of aliphatic hydroxyl groups excluding tert-OH is 2. The summed E-state index contributed by atoms with van der Waals surface area (Å²) in [5.74, 6) is 0. The number of hydrogen-bond acceptors (Lipinski definition) is 3. The lowest BCUT2D eigenvalue weighted by Crippen LogP contribution is -2.29. The second-order valence-corrected chi connectivity index (χ2v) is 7.82. The lowest BCUT2D eigenvalue weighted by Gasteiger charge is -2.26. The Morgan fingerprint density at radius 1 is 0.778 bits per heavy atom. The highest BCUT2D eigenvalue weighted by Gasteiger charge is 2.54. The van der Waals surface area contributed by atoms with Crippen molar-refractivity contribution >= 4 is 21.5 Å². The van der Waals surface area contributed by atoms with Crippen LogP contribution in [-0.4, -0.2) is 22.4 Å². The van der Waals surface area contributed by atoms with Crippen molar-refractivity contribution < 1.29 is 14.9 Å². The highest BCUT2D eigenvalue weighted by molar-refractivity contribution is 6.24. The second kappa shape index (κ2) is 4.57. The molecule has 2 aliphatic carbocycles. The van der Waals surface area contributed by atoms with Gasteiger partial charge in [-0.1, -0.05) is 48.5 Å². The van der Waals surface area contributed by atoms with Gasteiger partial charge in [-0.3, -0.25) is 0 Å². The Morgan fingerprint density at radius 2 is 1.56 bits per heavy atom. The van der Waals surface area contributed by atoms with Crippen molar-refractivity contribution in [2.75, 3.05) is 0 Å². The van der Waals surface area contributed by atoms with Gasteiger partial charge < -0.3 is 14.9 Å². The van der Waals surface area contributed by atoms with Crippen LogP contribution in [0.2, 0.25) is 0 Å². The minimum absolute atomic E-state index is 0.110. The van der Waals surface area contributed by atoms with Crippen molar-refractivity contribution in [2.24, 2.45) is 0 Å². The van der Waals surface area contributed by atoms with E-state index in [1.807, 2.05) is 6.07 Å². The third-order valence-corrected chi connectivity index (χ3v) is 6.49. The van der Waals surface area contributed by atoms with Crippen LogP contribution in [0, 0.1) is 0 Å². The van der Waals surface area contributed by atoms with Crippen LogP contribution in [0.3, 0.4) is 0 Å². The molecule has 0 radical (unpaired) electrons. The number of ether oxygens (including phenoxy) is 1. The molecule has 0 spiro atoms. The highest BCUT2D eigenvalue weighted by atomic mass is 16.6. The third kappa shape index (κ3) is 1.60. The van der Waals surface area contributed by atoms with Gasteiger partial charge in [-0.05, 0) is 67.1 Å². The van der Waals surface area contributed by atoms with Crippen LogP contribution in [-0.2, 0) is 4.74 Å². The summed E-state index contributed by atoms with van der Waals surface area (Å²) in [4.78, 5) is 0. The normalized spacial score (nSPS) is 26.7. The summed E-state index contributed by atoms with van der Waals surface area (Å²) in [6, 6.07) is 21.3. The van der Waals surface area contributed by atoms with E-state index in [9.17, 15) is 10.2 Å². The van der Waals surface area contributed by atoms with Gasteiger partial charge in [0.2, 0.25) is 0 Å². The molecule has 0 saturated carbocycles. The number of fused-ring (bicyclic) bond motifs is 9. The quantitative estimate of drug-likeness (QED) is 0.319. The molecular weight excluding hydrogens is 336 g/mol. The van der Waals surface area contributed by atoms with Gasteiger partial charge in [-0.25, -0.2) is 0 Å². The van der Waals surface area contributed by atoms with Gasteiger partial charge in [0.15, 0.2) is 0 Å². The van der Waals surface area contributed by atoms with E-state index in [0.29, 0.717) is 0 Å². The molecule has 1 aliphatic heterocycles. The van der Waals surface area contributed by atoms with E-state index in [2.05, 4.69) is 54.6 Å². The van der Waals surface area contributed by atoms with Crippen LogP contribution < -0.4 is 0 Å². The van der Waals surface area contributed by atoms with Gasteiger partial charge in [-0.15, -0.1) is 0 Å². The Morgan fingerprint density at radius 3 is 2.44 bits per heavy atom. The molecule has 130 valence electrons. The van der Waals surface area contributed by atoms with Crippen LogP contribution in [0.25, 0.3) is 43.8 Å². The Labute approximate surface area is 155 Å². The van der Waals surface area contributed by atoms with Crippen LogP contribution in [0.1, 0.15) is 23.3 Å². The first-order valence-corrected chi connectivity index (χ1v) is 9.37. The fourth-order valence-corrected chi connectivity index (χ4v) is 5.28. The lowest BCUT2D eigenvalue weighted by molar-refractivity contribution is 0.000838. The van der Waals surface area contributed by atoms with E-state index in [1.165, 1.54) is 33.0 Å².